The first-order chi connectivity index (χ1) is 17.2. The van der Waals surface area contributed by atoms with E-state index in [0.717, 1.165) is 34.4 Å². The molecule has 2 aliphatic rings. The summed E-state index contributed by atoms with van der Waals surface area (Å²) in [5.41, 5.74) is 2.79. The van der Waals surface area contributed by atoms with E-state index in [4.69, 9.17) is 9.47 Å². The Hall–Kier alpha value is -3.64. The number of ether oxygens (including phenoxy) is 2. The summed E-state index contributed by atoms with van der Waals surface area (Å²) in [6, 6.07) is 21.0. The van der Waals surface area contributed by atoms with Gasteiger partial charge >= 0.3 is 5.97 Å². The predicted molar refractivity (Wildman–Crippen MR) is 137 cm³/mol. The van der Waals surface area contributed by atoms with Crippen molar-refractivity contribution in [1.82, 2.24) is 0 Å². The van der Waals surface area contributed by atoms with E-state index in [1.54, 1.807) is 18.2 Å². The Balaban J connectivity index is 1.42. The van der Waals surface area contributed by atoms with Crippen LogP contribution in [0.4, 0.5) is 5.69 Å². The van der Waals surface area contributed by atoms with Gasteiger partial charge in [-0.1, -0.05) is 62.4 Å². The fourth-order valence-electron chi connectivity index (χ4n) is 5.31. The number of amides is 1. The minimum atomic E-state index is -1.65. The highest BCUT2D eigenvalue weighted by atomic mass is 16.5. The number of carbonyl (C=O) groups is 2. The third-order valence-corrected chi connectivity index (χ3v) is 7.21. The van der Waals surface area contributed by atoms with Gasteiger partial charge in [0.15, 0.2) is 0 Å². The minimum Gasteiger partial charge on any atom is -0.493 e. The van der Waals surface area contributed by atoms with E-state index in [9.17, 15) is 14.7 Å². The zero-order valence-corrected chi connectivity index (χ0v) is 20.7. The van der Waals surface area contributed by atoms with Gasteiger partial charge in [-0.25, -0.2) is 4.79 Å². The zero-order chi connectivity index (χ0) is 25.3. The Labute approximate surface area is 211 Å². The molecule has 2 aliphatic heterocycles. The fourth-order valence-corrected chi connectivity index (χ4v) is 5.31. The van der Waals surface area contributed by atoms with E-state index in [0.29, 0.717) is 24.3 Å². The maximum Gasteiger partial charge on any atom is 0.338 e. The van der Waals surface area contributed by atoms with Crippen molar-refractivity contribution in [3.63, 3.8) is 0 Å². The first kappa shape index (κ1) is 24.1. The predicted octanol–water partition coefficient (Wildman–Crippen LogP) is 4.96. The van der Waals surface area contributed by atoms with Gasteiger partial charge in [-0.05, 0) is 54.0 Å². The lowest BCUT2D eigenvalue weighted by atomic mass is 9.72. The molecule has 2 N–H and O–H groups in total. The largest absolute Gasteiger partial charge is 0.493 e. The number of para-hydroxylation sites is 1. The number of hydrogen-bond acceptors (Lipinski definition) is 5. The van der Waals surface area contributed by atoms with E-state index in [1.165, 1.54) is 0 Å². The van der Waals surface area contributed by atoms with Gasteiger partial charge < -0.3 is 19.9 Å². The van der Waals surface area contributed by atoms with Crippen molar-refractivity contribution < 1.29 is 24.2 Å². The number of anilines is 1. The molecular weight excluding hydrogens is 454 g/mol. The van der Waals surface area contributed by atoms with E-state index in [1.807, 2.05) is 56.3 Å². The second-order valence-electron chi connectivity index (χ2n) is 10.4. The first-order valence-corrected chi connectivity index (χ1v) is 12.4. The molecule has 5 rings (SSSR count). The van der Waals surface area contributed by atoms with Crippen LogP contribution in [-0.2, 0) is 34.4 Å². The number of aliphatic hydroxyl groups is 1. The van der Waals surface area contributed by atoms with Gasteiger partial charge in [-0.3, -0.25) is 4.79 Å². The molecule has 2 heterocycles. The van der Waals surface area contributed by atoms with Crippen molar-refractivity contribution in [2.24, 2.45) is 0 Å². The number of aryl methyl sites for hydroxylation is 1. The Morgan fingerprint density at radius 2 is 1.81 bits per heavy atom. The van der Waals surface area contributed by atoms with Crippen LogP contribution in [0.5, 0.6) is 5.75 Å². The molecule has 0 radical (unpaired) electrons. The molecule has 6 nitrogen and oxygen atoms in total. The summed E-state index contributed by atoms with van der Waals surface area (Å²) in [6.45, 7) is 4.92. The van der Waals surface area contributed by atoms with E-state index < -0.39 is 16.9 Å². The molecule has 0 bridgehead atoms. The third kappa shape index (κ3) is 4.73. The van der Waals surface area contributed by atoms with Crippen molar-refractivity contribution in [1.29, 1.82) is 0 Å². The van der Waals surface area contributed by atoms with Crippen molar-refractivity contribution >= 4 is 17.6 Å². The molecule has 3 aromatic carbocycles. The van der Waals surface area contributed by atoms with Crippen molar-refractivity contribution in [2.45, 2.75) is 57.2 Å². The number of carbonyl (C=O) groups excluding carboxylic acids is 2. The molecule has 186 valence electrons. The van der Waals surface area contributed by atoms with Crippen LogP contribution in [-0.4, -0.2) is 29.2 Å². The van der Waals surface area contributed by atoms with E-state index in [2.05, 4.69) is 11.4 Å². The average molecular weight is 486 g/mol. The lowest BCUT2D eigenvalue weighted by Crippen LogP contribution is -2.47. The summed E-state index contributed by atoms with van der Waals surface area (Å²) in [6.07, 6.45) is 1.89. The van der Waals surface area contributed by atoms with Gasteiger partial charge in [0.05, 0.1) is 12.2 Å². The van der Waals surface area contributed by atoms with Crippen molar-refractivity contribution in [3.8, 4) is 5.75 Å². The molecule has 3 aromatic rings. The smallest absolute Gasteiger partial charge is 0.338 e. The first-order valence-electron chi connectivity index (χ1n) is 12.4. The van der Waals surface area contributed by atoms with Crippen LogP contribution in [0.25, 0.3) is 0 Å². The van der Waals surface area contributed by atoms with Gasteiger partial charge in [-0.15, -0.1) is 0 Å². The molecule has 0 aliphatic carbocycles. The SMILES string of the molecule is CC(C)(CC(O)(CCc1ccccc1)C(=O)Nc1ccc2c(c1)COC2=O)c1cccc2c1OCC2. The van der Waals surface area contributed by atoms with E-state index >= 15 is 0 Å². The molecule has 0 saturated carbocycles. The fraction of sp³-hybridized carbons (Fsp3) is 0.333. The van der Waals surface area contributed by atoms with Crippen LogP contribution < -0.4 is 10.1 Å². The Morgan fingerprint density at radius 1 is 1.00 bits per heavy atom. The Morgan fingerprint density at radius 3 is 2.61 bits per heavy atom. The molecule has 1 amide bonds. The average Bonchev–Trinajstić information content (AvgIpc) is 3.49. The van der Waals surface area contributed by atoms with Crippen molar-refractivity contribution in [2.75, 3.05) is 11.9 Å². The number of hydrogen-bond donors (Lipinski definition) is 2. The third-order valence-electron chi connectivity index (χ3n) is 7.21. The number of rotatable bonds is 8. The highest BCUT2D eigenvalue weighted by Gasteiger charge is 2.43. The monoisotopic (exact) mass is 485 g/mol. The lowest BCUT2D eigenvalue weighted by Gasteiger charge is -2.36. The summed E-state index contributed by atoms with van der Waals surface area (Å²) in [7, 11) is 0. The summed E-state index contributed by atoms with van der Waals surface area (Å²) in [4.78, 5) is 25.5. The summed E-state index contributed by atoms with van der Waals surface area (Å²) < 4.78 is 11.0. The summed E-state index contributed by atoms with van der Waals surface area (Å²) in [5.74, 6) is 0.0448. The maximum atomic E-state index is 13.7. The molecule has 36 heavy (non-hydrogen) atoms. The molecule has 1 unspecified atom stereocenters. The molecule has 0 saturated heterocycles. The highest BCUT2D eigenvalue weighted by Crippen LogP contribution is 2.42. The maximum absolute atomic E-state index is 13.7. The van der Waals surface area contributed by atoms with Gasteiger partial charge in [0.1, 0.15) is 18.0 Å². The number of fused-ring (bicyclic) bond motifs is 2. The van der Waals surface area contributed by atoms with Crippen LogP contribution in [0.3, 0.4) is 0 Å². The van der Waals surface area contributed by atoms with Gasteiger partial charge in [0, 0.05) is 23.2 Å². The van der Waals surface area contributed by atoms with E-state index in [-0.39, 0.29) is 25.4 Å². The Bertz CT molecular complexity index is 1300. The van der Waals surface area contributed by atoms with Crippen LogP contribution in [0, 0.1) is 0 Å². The highest BCUT2D eigenvalue weighted by molar-refractivity contribution is 5.99. The summed E-state index contributed by atoms with van der Waals surface area (Å²) >= 11 is 0. The topological polar surface area (TPSA) is 84.9 Å². The van der Waals surface area contributed by atoms with Gasteiger partial charge in [0.25, 0.3) is 5.91 Å². The molecule has 0 spiro atoms. The minimum absolute atomic E-state index is 0.183. The van der Waals surface area contributed by atoms with Crippen LogP contribution >= 0.6 is 0 Å². The number of esters is 1. The summed E-state index contributed by atoms with van der Waals surface area (Å²) in [5, 5.41) is 14.9. The molecule has 1 atom stereocenters. The number of nitrogens with one attached hydrogen (secondary N) is 1. The molecule has 6 heteroatoms. The number of cyclic esters (lactones) is 1. The second-order valence-corrected chi connectivity index (χ2v) is 10.4. The van der Waals surface area contributed by atoms with Gasteiger partial charge in [0.2, 0.25) is 0 Å². The zero-order valence-electron chi connectivity index (χ0n) is 20.7. The van der Waals surface area contributed by atoms with Gasteiger partial charge in [-0.2, -0.15) is 0 Å². The normalized spacial score (nSPS) is 15.9. The Kier molecular flexibility index (Phi) is 6.31. The standard InChI is InChI=1S/C30H31NO5/c1-29(2,25-10-6-9-21-14-16-35-26(21)25)19-30(34,15-13-20-7-4-3-5-8-20)28(33)31-23-11-12-24-22(17-23)18-36-27(24)32/h3-12,17,34H,13-16,18-19H2,1-2H3,(H,31,33). The van der Waals surface area contributed by atoms with Crippen LogP contribution in [0.15, 0.2) is 66.7 Å². The molecule has 0 aromatic heterocycles. The van der Waals surface area contributed by atoms with Crippen LogP contribution in [0.2, 0.25) is 0 Å². The quantitative estimate of drug-likeness (QED) is 0.441. The number of benzene rings is 3. The molecular formula is C30H31NO5. The van der Waals surface area contributed by atoms with Crippen LogP contribution in [0.1, 0.15) is 59.3 Å². The molecule has 0 fully saturated rings. The van der Waals surface area contributed by atoms with Crippen molar-refractivity contribution in [3.05, 3.63) is 94.5 Å². The second kappa shape index (κ2) is 9.43. The lowest BCUT2D eigenvalue weighted by molar-refractivity contribution is -0.137.